The molecule has 1 fully saturated rings. The van der Waals surface area contributed by atoms with Crippen molar-refractivity contribution in [2.24, 2.45) is 0 Å². The summed E-state index contributed by atoms with van der Waals surface area (Å²) in [6, 6.07) is 7.47. The molecule has 0 aromatic heterocycles. The van der Waals surface area contributed by atoms with E-state index in [1.54, 1.807) is 19.9 Å². The van der Waals surface area contributed by atoms with E-state index in [0.717, 1.165) is 25.1 Å². The predicted octanol–water partition coefficient (Wildman–Crippen LogP) is 1.58. The van der Waals surface area contributed by atoms with Gasteiger partial charge in [-0.15, -0.1) is 0 Å². The van der Waals surface area contributed by atoms with Gasteiger partial charge in [0.25, 0.3) is 5.91 Å². The summed E-state index contributed by atoms with van der Waals surface area (Å²) in [5.74, 6) is -0.160. The first-order valence-corrected chi connectivity index (χ1v) is 8.67. The van der Waals surface area contributed by atoms with Crippen molar-refractivity contribution in [2.45, 2.75) is 50.7 Å². The molecule has 1 aliphatic rings. The SMILES string of the molecule is CN1CCC(O)(CNC(=O)c2cccc(CCC(C)(C)O)c2)CC1. The largest absolute Gasteiger partial charge is 0.390 e. The summed E-state index contributed by atoms with van der Waals surface area (Å²) in [4.78, 5) is 14.5. The van der Waals surface area contributed by atoms with E-state index in [1.165, 1.54) is 0 Å². The first-order chi connectivity index (χ1) is 11.2. The van der Waals surface area contributed by atoms with Crippen LogP contribution >= 0.6 is 0 Å². The van der Waals surface area contributed by atoms with Gasteiger partial charge in [-0.3, -0.25) is 4.79 Å². The number of carbonyl (C=O) groups is 1. The second-order valence-electron chi connectivity index (χ2n) is 7.72. The Morgan fingerprint density at radius 1 is 1.33 bits per heavy atom. The number of nitrogens with one attached hydrogen (secondary N) is 1. The van der Waals surface area contributed by atoms with Crippen LogP contribution in [0.2, 0.25) is 0 Å². The van der Waals surface area contributed by atoms with Crippen LogP contribution in [0, 0.1) is 0 Å². The lowest BCUT2D eigenvalue weighted by atomic mass is 9.91. The summed E-state index contributed by atoms with van der Waals surface area (Å²) in [6.45, 7) is 5.54. The van der Waals surface area contributed by atoms with Crippen LogP contribution in [0.3, 0.4) is 0 Å². The van der Waals surface area contributed by atoms with Gasteiger partial charge in [0.05, 0.1) is 11.2 Å². The second kappa shape index (κ2) is 7.64. The van der Waals surface area contributed by atoms with Crippen LogP contribution in [0.4, 0.5) is 0 Å². The van der Waals surface area contributed by atoms with Gasteiger partial charge in [-0.05, 0) is 64.3 Å². The molecule has 5 nitrogen and oxygen atoms in total. The number of amides is 1. The van der Waals surface area contributed by atoms with Gasteiger partial charge >= 0.3 is 0 Å². The van der Waals surface area contributed by atoms with Gasteiger partial charge in [-0.2, -0.15) is 0 Å². The number of likely N-dealkylation sites (tertiary alicyclic amines) is 1. The van der Waals surface area contributed by atoms with Crippen LogP contribution in [0.5, 0.6) is 0 Å². The van der Waals surface area contributed by atoms with E-state index in [4.69, 9.17) is 0 Å². The number of aryl methyl sites for hydroxylation is 1. The summed E-state index contributed by atoms with van der Waals surface area (Å²) in [6.07, 6.45) is 2.72. The molecule has 0 atom stereocenters. The lowest BCUT2D eigenvalue weighted by Crippen LogP contribution is -2.50. The Morgan fingerprint density at radius 3 is 2.62 bits per heavy atom. The molecule has 1 aromatic carbocycles. The van der Waals surface area contributed by atoms with Crippen molar-refractivity contribution >= 4 is 5.91 Å². The molecule has 0 bridgehead atoms. The number of aliphatic hydroxyl groups is 2. The van der Waals surface area contributed by atoms with E-state index in [1.807, 2.05) is 25.2 Å². The molecule has 24 heavy (non-hydrogen) atoms. The average molecular weight is 334 g/mol. The Labute approximate surface area is 144 Å². The van der Waals surface area contributed by atoms with Crippen molar-refractivity contribution in [3.05, 3.63) is 35.4 Å². The highest BCUT2D eigenvalue weighted by Gasteiger charge is 2.31. The Morgan fingerprint density at radius 2 is 2.00 bits per heavy atom. The summed E-state index contributed by atoms with van der Waals surface area (Å²) in [7, 11) is 2.04. The van der Waals surface area contributed by atoms with Gasteiger partial charge in [-0.25, -0.2) is 0 Å². The van der Waals surface area contributed by atoms with Gasteiger partial charge in [0.15, 0.2) is 0 Å². The Balaban J connectivity index is 1.90. The normalized spacial score (nSPS) is 18.4. The minimum Gasteiger partial charge on any atom is -0.390 e. The molecule has 1 heterocycles. The second-order valence-corrected chi connectivity index (χ2v) is 7.72. The quantitative estimate of drug-likeness (QED) is 0.738. The molecule has 0 spiro atoms. The minimum absolute atomic E-state index is 0.160. The Kier molecular flexibility index (Phi) is 6.01. The third-order valence-electron chi connectivity index (χ3n) is 4.71. The summed E-state index contributed by atoms with van der Waals surface area (Å²) < 4.78 is 0. The van der Waals surface area contributed by atoms with E-state index in [0.29, 0.717) is 24.8 Å². The molecule has 1 amide bonds. The maximum absolute atomic E-state index is 12.4. The molecule has 134 valence electrons. The van der Waals surface area contributed by atoms with Crippen molar-refractivity contribution in [3.63, 3.8) is 0 Å². The van der Waals surface area contributed by atoms with Crippen LogP contribution in [0.1, 0.15) is 49.0 Å². The fourth-order valence-corrected chi connectivity index (χ4v) is 2.88. The third-order valence-corrected chi connectivity index (χ3v) is 4.71. The molecule has 0 radical (unpaired) electrons. The molecular weight excluding hydrogens is 304 g/mol. The zero-order valence-corrected chi connectivity index (χ0v) is 15.0. The predicted molar refractivity (Wildman–Crippen MR) is 95.1 cm³/mol. The highest BCUT2D eigenvalue weighted by atomic mass is 16.3. The van der Waals surface area contributed by atoms with E-state index < -0.39 is 11.2 Å². The number of carbonyl (C=O) groups excluding carboxylic acids is 1. The van der Waals surface area contributed by atoms with E-state index >= 15 is 0 Å². The lowest BCUT2D eigenvalue weighted by molar-refractivity contribution is -0.0135. The van der Waals surface area contributed by atoms with Crippen molar-refractivity contribution in [2.75, 3.05) is 26.7 Å². The van der Waals surface area contributed by atoms with Gasteiger partial charge in [0, 0.05) is 25.2 Å². The van der Waals surface area contributed by atoms with Gasteiger partial charge in [0.1, 0.15) is 0 Å². The summed E-state index contributed by atoms with van der Waals surface area (Å²) >= 11 is 0. The summed E-state index contributed by atoms with van der Waals surface area (Å²) in [5.41, 5.74) is 0.110. The fraction of sp³-hybridized carbons (Fsp3) is 0.632. The number of hydrogen-bond donors (Lipinski definition) is 3. The smallest absolute Gasteiger partial charge is 0.251 e. The number of hydrogen-bond acceptors (Lipinski definition) is 4. The highest BCUT2D eigenvalue weighted by Crippen LogP contribution is 2.20. The molecule has 1 aromatic rings. The van der Waals surface area contributed by atoms with Crippen molar-refractivity contribution < 1.29 is 15.0 Å². The first kappa shape index (κ1) is 18.9. The topological polar surface area (TPSA) is 72.8 Å². The van der Waals surface area contributed by atoms with E-state index in [9.17, 15) is 15.0 Å². The number of piperidine rings is 1. The number of nitrogens with zero attached hydrogens (tertiary/aromatic N) is 1. The zero-order chi connectivity index (χ0) is 17.8. The molecule has 2 rings (SSSR count). The van der Waals surface area contributed by atoms with Gasteiger partial charge in [0.2, 0.25) is 0 Å². The highest BCUT2D eigenvalue weighted by molar-refractivity contribution is 5.94. The Bertz CT molecular complexity index is 558. The average Bonchev–Trinajstić information content (AvgIpc) is 2.53. The van der Waals surface area contributed by atoms with Crippen molar-refractivity contribution in [3.8, 4) is 0 Å². The zero-order valence-electron chi connectivity index (χ0n) is 15.0. The molecule has 1 aliphatic heterocycles. The van der Waals surface area contributed by atoms with Gasteiger partial charge in [-0.1, -0.05) is 12.1 Å². The maximum Gasteiger partial charge on any atom is 0.251 e. The third kappa shape index (κ3) is 5.89. The molecular formula is C19H30N2O3. The number of rotatable bonds is 6. The molecule has 3 N–H and O–H groups in total. The van der Waals surface area contributed by atoms with Crippen LogP contribution < -0.4 is 5.32 Å². The fourth-order valence-electron chi connectivity index (χ4n) is 2.88. The molecule has 0 unspecified atom stereocenters. The molecule has 5 heteroatoms. The van der Waals surface area contributed by atoms with Gasteiger partial charge < -0.3 is 20.4 Å². The lowest BCUT2D eigenvalue weighted by Gasteiger charge is -2.36. The molecule has 0 aliphatic carbocycles. The van der Waals surface area contributed by atoms with Crippen LogP contribution in [0.25, 0.3) is 0 Å². The Hall–Kier alpha value is -1.43. The number of benzene rings is 1. The van der Waals surface area contributed by atoms with Crippen molar-refractivity contribution in [1.29, 1.82) is 0 Å². The van der Waals surface area contributed by atoms with Crippen LogP contribution in [0.15, 0.2) is 24.3 Å². The molecule has 0 saturated carbocycles. The first-order valence-electron chi connectivity index (χ1n) is 8.67. The van der Waals surface area contributed by atoms with Crippen LogP contribution in [-0.2, 0) is 6.42 Å². The minimum atomic E-state index is -0.805. The van der Waals surface area contributed by atoms with Crippen LogP contribution in [-0.4, -0.2) is 58.9 Å². The summed E-state index contributed by atoms with van der Waals surface area (Å²) in [5, 5.41) is 23.2. The maximum atomic E-state index is 12.4. The van der Waals surface area contributed by atoms with Crippen molar-refractivity contribution in [1.82, 2.24) is 10.2 Å². The van der Waals surface area contributed by atoms with E-state index in [2.05, 4.69) is 10.2 Å². The molecule has 1 saturated heterocycles. The van der Waals surface area contributed by atoms with E-state index in [-0.39, 0.29) is 12.5 Å². The monoisotopic (exact) mass is 334 g/mol. The standard InChI is InChI=1S/C19H30N2O3/c1-18(2,23)8-7-15-5-4-6-16(13-15)17(22)20-14-19(24)9-11-21(3)12-10-19/h4-6,13,23-24H,7-12,14H2,1-3H3,(H,20,22).